The Balaban J connectivity index is 1.61. The summed E-state index contributed by atoms with van der Waals surface area (Å²) in [5, 5.41) is 13.6. The van der Waals surface area contributed by atoms with Gasteiger partial charge in [-0.2, -0.15) is 0 Å². The fourth-order valence-electron chi connectivity index (χ4n) is 3.83. The normalized spacial score (nSPS) is 22.3. The summed E-state index contributed by atoms with van der Waals surface area (Å²) in [5.41, 5.74) is 0.652. The summed E-state index contributed by atoms with van der Waals surface area (Å²) in [6.45, 7) is 1.61. The molecule has 0 bridgehead atoms. The number of carbonyl (C=O) groups excluding carboxylic acids is 3. The molecular formula is C18H21N3O5. The Bertz CT molecular complexity index is 752. The molecule has 1 aromatic carbocycles. The Kier molecular flexibility index (Phi) is 5.01. The minimum Gasteiger partial charge on any atom is -0.326 e. The maximum absolute atomic E-state index is 12.4. The number of carbonyl (C=O) groups is 3. The van der Waals surface area contributed by atoms with Crippen molar-refractivity contribution in [3.63, 3.8) is 0 Å². The van der Waals surface area contributed by atoms with Crippen molar-refractivity contribution in [1.29, 1.82) is 0 Å². The van der Waals surface area contributed by atoms with Crippen molar-refractivity contribution >= 4 is 29.1 Å². The van der Waals surface area contributed by atoms with Gasteiger partial charge in [-0.1, -0.05) is 18.9 Å². The molecule has 8 heteroatoms. The molecule has 1 aliphatic carbocycles. The van der Waals surface area contributed by atoms with Crippen molar-refractivity contribution in [3.05, 3.63) is 33.9 Å². The molecule has 3 amide bonds. The standard InChI is InChI=1S/C18H21N3O5/c1-11-14(7-4-8-15(11)21(25)26)19-16(22)9-10-20-17(23)12-5-2-3-6-13(12)18(20)24/h4,7-8,12-13H,2-3,5-6,9-10H2,1H3,(H,19,22)/t12-,13-/m1/s1. The number of nitrogens with one attached hydrogen (secondary N) is 1. The zero-order valence-corrected chi connectivity index (χ0v) is 14.6. The van der Waals surface area contributed by atoms with Crippen molar-refractivity contribution in [2.45, 2.75) is 39.0 Å². The molecule has 0 unspecified atom stereocenters. The molecule has 2 atom stereocenters. The van der Waals surface area contributed by atoms with Crippen LogP contribution >= 0.6 is 0 Å². The van der Waals surface area contributed by atoms with Gasteiger partial charge in [-0.25, -0.2) is 0 Å². The number of nitro groups is 1. The molecule has 3 rings (SSSR count). The summed E-state index contributed by atoms with van der Waals surface area (Å²) in [7, 11) is 0. The van der Waals surface area contributed by atoms with E-state index < -0.39 is 4.92 Å². The van der Waals surface area contributed by atoms with Crippen molar-refractivity contribution in [1.82, 2.24) is 4.90 Å². The molecular weight excluding hydrogens is 338 g/mol. The molecule has 1 aromatic rings. The van der Waals surface area contributed by atoms with E-state index >= 15 is 0 Å². The smallest absolute Gasteiger partial charge is 0.274 e. The maximum atomic E-state index is 12.4. The van der Waals surface area contributed by atoms with E-state index in [1.807, 2.05) is 0 Å². The molecule has 0 aromatic heterocycles. The van der Waals surface area contributed by atoms with Gasteiger partial charge in [0.25, 0.3) is 5.69 Å². The number of rotatable bonds is 5. The van der Waals surface area contributed by atoms with Gasteiger partial charge in [0.05, 0.1) is 28.0 Å². The van der Waals surface area contributed by atoms with Gasteiger partial charge in [-0.05, 0) is 25.8 Å². The lowest BCUT2D eigenvalue weighted by atomic mass is 9.81. The van der Waals surface area contributed by atoms with Crippen LogP contribution in [0.2, 0.25) is 0 Å². The zero-order chi connectivity index (χ0) is 18.8. The molecule has 1 aliphatic heterocycles. The molecule has 1 saturated heterocycles. The summed E-state index contributed by atoms with van der Waals surface area (Å²) >= 11 is 0. The second kappa shape index (κ2) is 7.23. The summed E-state index contributed by atoms with van der Waals surface area (Å²) in [6.07, 6.45) is 3.37. The Morgan fingerprint density at radius 2 is 1.85 bits per heavy atom. The SMILES string of the molecule is Cc1c(NC(=O)CCN2C(=O)[C@@H]3CCCC[C@H]3C2=O)cccc1[N+](=O)[O-]. The average Bonchev–Trinajstić information content (AvgIpc) is 2.86. The van der Waals surface area contributed by atoms with E-state index in [0.717, 1.165) is 25.7 Å². The molecule has 0 spiro atoms. The van der Waals surface area contributed by atoms with Crippen LogP contribution in [0.25, 0.3) is 0 Å². The van der Waals surface area contributed by atoms with Crippen LogP contribution in [0.3, 0.4) is 0 Å². The molecule has 1 N–H and O–H groups in total. The van der Waals surface area contributed by atoms with Crippen LogP contribution in [0, 0.1) is 28.9 Å². The van der Waals surface area contributed by atoms with E-state index in [0.29, 0.717) is 11.3 Å². The number of hydrogen-bond acceptors (Lipinski definition) is 5. The second-order valence-electron chi connectivity index (χ2n) is 6.83. The Morgan fingerprint density at radius 3 is 2.42 bits per heavy atom. The minimum absolute atomic E-state index is 0.0287. The van der Waals surface area contributed by atoms with Crippen LogP contribution in [0.1, 0.15) is 37.7 Å². The largest absolute Gasteiger partial charge is 0.326 e. The third-order valence-electron chi connectivity index (χ3n) is 5.27. The lowest BCUT2D eigenvalue weighted by Gasteiger charge is -2.19. The molecule has 2 aliphatic rings. The van der Waals surface area contributed by atoms with Crippen LogP contribution in [0.15, 0.2) is 18.2 Å². The van der Waals surface area contributed by atoms with Gasteiger partial charge in [0.2, 0.25) is 17.7 Å². The number of nitrogens with zero attached hydrogens (tertiary/aromatic N) is 2. The first-order chi connectivity index (χ1) is 12.4. The highest BCUT2D eigenvalue weighted by Crippen LogP contribution is 2.38. The van der Waals surface area contributed by atoms with E-state index in [2.05, 4.69) is 5.32 Å². The third kappa shape index (κ3) is 3.31. The number of imide groups is 1. The first kappa shape index (κ1) is 18.0. The van der Waals surface area contributed by atoms with Gasteiger partial charge in [0.15, 0.2) is 0 Å². The Morgan fingerprint density at radius 1 is 1.23 bits per heavy atom. The number of amides is 3. The van der Waals surface area contributed by atoms with Gasteiger partial charge < -0.3 is 5.32 Å². The molecule has 0 radical (unpaired) electrons. The van der Waals surface area contributed by atoms with Crippen LogP contribution in [0.4, 0.5) is 11.4 Å². The molecule has 26 heavy (non-hydrogen) atoms. The zero-order valence-electron chi connectivity index (χ0n) is 14.6. The first-order valence-corrected chi connectivity index (χ1v) is 8.79. The lowest BCUT2D eigenvalue weighted by Crippen LogP contribution is -2.34. The molecule has 8 nitrogen and oxygen atoms in total. The van der Waals surface area contributed by atoms with Gasteiger partial charge in [-0.15, -0.1) is 0 Å². The summed E-state index contributed by atoms with van der Waals surface area (Å²) in [4.78, 5) is 48.7. The topological polar surface area (TPSA) is 110 Å². The quantitative estimate of drug-likeness (QED) is 0.493. The minimum atomic E-state index is -0.506. The number of benzene rings is 1. The highest BCUT2D eigenvalue weighted by atomic mass is 16.6. The number of likely N-dealkylation sites (tertiary alicyclic amines) is 1. The lowest BCUT2D eigenvalue weighted by molar-refractivity contribution is -0.385. The number of fused-ring (bicyclic) bond motifs is 1. The first-order valence-electron chi connectivity index (χ1n) is 8.79. The molecule has 1 heterocycles. The van der Waals surface area contributed by atoms with E-state index in [1.165, 1.54) is 17.0 Å². The highest BCUT2D eigenvalue weighted by molar-refractivity contribution is 6.05. The van der Waals surface area contributed by atoms with Crippen molar-refractivity contribution in [2.75, 3.05) is 11.9 Å². The van der Waals surface area contributed by atoms with E-state index in [9.17, 15) is 24.5 Å². The Labute approximate surface area is 150 Å². The number of anilines is 1. The van der Waals surface area contributed by atoms with E-state index in [-0.39, 0.29) is 48.2 Å². The summed E-state index contributed by atoms with van der Waals surface area (Å²) < 4.78 is 0. The van der Waals surface area contributed by atoms with Gasteiger partial charge in [0.1, 0.15) is 0 Å². The third-order valence-corrected chi connectivity index (χ3v) is 5.27. The summed E-state index contributed by atoms with van der Waals surface area (Å²) in [5.74, 6) is -1.17. The van der Waals surface area contributed by atoms with Crippen LogP contribution in [-0.2, 0) is 14.4 Å². The van der Waals surface area contributed by atoms with E-state index in [1.54, 1.807) is 13.0 Å². The van der Waals surface area contributed by atoms with Crippen LogP contribution < -0.4 is 5.32 Å². The second-order valence-corrected chi connectivity index (χ2v) is 6.83. The Hall–Kier alpha value is -2.77. The van der Waals surface area contributed by atoms with Crippen molar-refractivity contribution in [3.8, 4) is 0 Å². The molecule has 138 valence electrons. The van der Waals surface area contributed by atoms with Crippen molar-refractivity contribution in [2.24, 2.45) is 11.8 Å². The maximum Gasteiger partial charge on any atom is 0.274 e. The average molecular weight is 359 g/mol. The molecule has 2 fully saturated rings. The van der Waals surface area contributed by atoms with Gasteiger partial charge in [0, 0.05) is 19.0 Å². The highest BCUT2D eigenvalue weighted by Gasteiger charge is 2.47. The fraction of sp³-hybridized carbons (Fsp3) is 0.500. The van der Waals surface area contributed by atoms with Gasteiger partial charge >= 0.3 is 0 Å². The van der Waals surface area contributed by atoms with Crippen molar-refractivity contribution < 1.29 is 19.3 Å². The monoisotopic (exact) mass is 359 g/mol. The van der Waals surface area contributed by atoms with Crippen LogP contribution in [0.5, 0.6) is 0 Å². The summed E-state index contributed by atoms with van der Waals surface area (Å²) in [6, 6.07) is 4.45. The predicted molar refractivity (Wildman–Crippen MR) is 93.2 cm³/mol. The predicted octanol–water partition coefficient (Wildman–Crippen LogP) is 2.41. The number of nitro benzene ring substituents is 1. The van der Waals surface area contributed by atoms with Gasteiger partial charge in [-0.3, -0.25) is 29.4 Å². The molecule has 1 saturated carbocycles. The fourth-order valence-corrected chi connectivity index (χ4v) is 3.83. The van der Waals surface area contributed by atoms with E-state index in [4.69, 9.17) is 0 Å². The van der Waals surface area contributed by atoms with Crippen LogP contribution in [-0.4, -0.2) is 34.1 Å². The number of hydrogen-bond donors (Lipinski definition) is 1.